The molecule has 0 atom stereocenters. The van der Waals surface area contributed by atoms with E-state index in [0.29, 0.717) is 0 Å². The van der Waals surface area contributed by atoms with Gasteiger partial charge >= 0.3 is 20.4 Å². The molecule has 2 nitrogen and oxygen atoms in total. The Balaban J connectivity index is 0.000000340. The summed E-state index contributed by atoms with van der Waals surface area (Å²) in [4.78, 5) is 0. The third kappa shape index (κ3) is 12.7. The first-order valence-electron chi connectivity index (χ1n) is 12.6. The number of ether oxygens (including phenoxy) is 2. The second kappa shape index (κ2) is 18.1. The molecule has 0 aliphatic heterocycles. The molecule has 33 heavy (non-hydrogen) atoms. The summed E-state index contributed by atoms with van der Waals surface area (Å²) in [6.45, 7) is 8.09. The van der Waals surface area contributed by atoms with E-state index in [-0.39, 0.29) is 32.6 Å². The van der Waals surface area contributed by atoms with Crippen LogP contribution in [0.4, 0.5) is 0 Å². The quantitative estimate of drug-likeness (QED) is 0.278. The third-order valence-electron chi connectivity index (χ3n) is 5.32. The first-order valence-corrected chi connectivity index (χ1v) is 12.6. The topological polar surface area (TPSA) is 18.5 Å². The van der Waals surface area contributed by atoms with Gasteiger partial charge < -0.3 is 22.3 Å². The summed E-state index contributed by atoms with van der Waals surface area (Å²) in [6.07, 6.45) is 19.2. The largest absolute Gasteiger partial charge is 2.00 e. The Hall–Kier alpha value is -1.30. The molecule has 0 aromatic heterocycles. The van der Waals surface area contributed by atoms with Crippen LogP contribution in [-0.4, -0.2) is 12.2 Å². The molecule has 3 heteroatoms. The van der Waals surface area contributed by atoms with E-state index in [1.165, 1.54) is 64.2 Å². The van der Waals surface area contributed by atoms with Crippen LogP contribution in [0.3, 0.4) is 0 Å². The normalized spacial score (nSPS) is 15.3. The minimum Gasteiger partial charge on any atom is -0.500 e. The van der Waals surface area contributed by atoms with E-state index in [4.69, 9.17) is 9.47 Å². The van der Waals surface area contributed by atoms with Crippen LogP contribution in [0.15, 0.2) is 42.5 Å². The van der Waals surface area contributed by atoms with E-state index in [2.05, 4.69) is 18.9 Å². The van der Waals surface area contributed by atoms with Gasteiger partial charge in [-0.25, -0.2) is 0 Å². The fourth-order valence-corrected chi connectivity index (χ4v) is 3.83. The summed E-state index contributed by atoms with van der Waals surface area (Å²) < 4.78 is 11.8. The zero-order valence-electron chi connectivity index (χ0n) is 21.1. The molecule has 0 amide bonds. The summed E-state index contributed by atoms with van der Waals surface area (Å²) in [7, 11) is 0. The van der Waals surface area contributed by atoms with Crippen molar-refractivity contribution in [2.45, 2.75) is 104 Å². The van der Waals surface area contributed by atoms with Gasteiger partial charge in [0.1, 0.15) is 0 Å². The van der Waals surface area contributed by atoms with Crippen molar-refractivity contribution in [1.29, 1.82) is 0 Å². The fourth-order valence-electron chi connectivity index (χ4n) is 3.83. The van der Waals surface area contributed by atoms with Crippen LogP contribution < -0.4 is 9.47 Å². The van der Waals surface area contributed by atoms with E-state index >= 15 is 0 Å². The van der Waals surface area contributed by atoms with Crippen molar-refractivity contribution >= 4 is 0 Å². The Bertz CT molecular complexity index is 656. The molecule has 0 spiro atoms. The Labute approximate surface area is 217 Å². The first kappa shape index (κ1) is 29.7. The fraction of sp³-hybridized carbons (Fsp3) is 0.533. The van der Waals surface area contributed by atoms with Crippen LogP contribution in [0.1, 0.15) is 91.9 Å². The molecule has 0 unspecified atom stereocenters. The van der Waals surface area contributed by atoms with Crippen molar-refractivity contribution in [2.75, 3.05) is 0 Å². The maximum atomic E-state index is 5.92. The van der Waals surface area contributed by atoms with E-state index in [9.17, 15) is 0 Å². The molecule has 0 N–H and O–H groups in total. The SMILES string of the molecule is CC(C)Oc1cccc(OC(C)C)c1-c1[c-]cccc1.[CH-]1CCCCC1.[CH-]1CCCCC1.[Pd+2]. The third-order valence-corrected chi connectivity index (χ3v) is 5.32. The zero-order valence-corrected chi connectivity index (χ0v) is 22.6. The Morgan fingerprint density at radius 2 is 1.15 bits per heavy atom. The van der Waals surface area contributed by atoms with Crippen LogP contribution in [0.25, 0.3) is 11.1 Å². The summed E-state index contributed by atoms with van der Waals surface area (Å²) in [6, 6.07) is 17.0. The van der Waals surface area contributed by atoms with Gasteiger partial charge in [0.25, 0.3) is 0 Å². The van der Waals surface area contributed by atoms with E-state index in [1.807, 2.05) is 70.2 Å². The second-order valence-corrected chi connectivity index (χ2v) is 9.09. The van der Waals surface area contributed by atoms with Gasteiger partial charge in [-0.1, -0.05) is 44.6 Å². The zero-order chi connectivity index (χ0) is 23.0. The summed E-state index contributed by atoms with van der Waals surface area (Å²) in [5, 5.41) is 0. The molecular formula is C30H43O2Pd-. The molecule has 186 valence electrons. The second-order valence-electron chi connectivity index (χ2n) is 9.09. The van der Waals surface area contributed by atoms with Crippen molar-refractivity contribution in [3.8, 4) is 22.6 Å². The summed E-state index contributed by atoms with van der Waals surface area (Å²) >= 11 is 0. The van der Waals surface area contributed by atoms with Gasteiger partial charge in [-0.05, 0) is 45.4 Å². The molecule has 0 saturated heterocycles. The number of hydrogen-bond acceptors (Lipinski definition) is 2. The van der Waals surface area contributed by atoms with Crippen LogP contribution in [0.2, 0.25) is 0 Å². The molecule has 0 heterocycles. The molecule has 2 aliphatic rings. The average Bonchev–Trinajstić information content (AvgIpc) is 2.82. The summed E-state index contributed by atoms with van der Waals surface area (Å²) in [5.41, 5.74) is 1.95. The molecule has 2 fully saturated rings. The molecule has 2 aromatic rings. The van der Waals surface area contributed by atoms with E-state index < -0.39 is 0 Å². The monoisotopic (exact) mass is 541 g/mol. The average molecular weight is 542 g/mol. The van der Waals surface area contributed by atoms with Gasteiger partial charge in [0, 0.05) is 0 Å². The van der Waals surface area contributed by atoms with Gasteiger partial charge in [0.05, 0.1) is 23.7 Å². The molecule has 0 radical (unpaired) electrons. The van der Waals surface area contributed by atoms with E-state index in [0.717, 1.165) is 22.6 Å². The predicted molar refractivity (Wildman–Crippen MR) is 137 cm³/mol. The molecule has 4 rings (SSSR count). The molecule has 2 saturated carbocycles. The predicted octanol–water partition coefficient (Wildman–Crippen LogP) is 9.04. The number of hydrogen-bond donors (Lipinski definition) is 0. The molecule has 2 aromatic carbocycles. The van der Waals surface area contributed by atoms with Crippen molar-refractivity contribution in [1.82, 2.24) is 0 Å². The number of rotatable bonds is 5. The minimum absolute atomic E-state index is 0. The number of benzene rings is 2. The van der Waals surface area contributed by atoms with Gasteiger partial charge in [0.15, 0.2) is 0 Å². The van der Waals surface area contributed by atoms with Gasteiger partial charge in [-0.3, -0.25) is 0 Å². The summed E-state index contributed by atoms with van der Waals surface area (Å²) in [5.74, 6) is 1.67. The Morgan fingerprint density at radius 1 is 0.667 bits per heavy atom. The van der Waals surface area contributed by atoms with Gasteiger partial charge in [-0.2, -0.15) is 25.7 Å². The van der Waals surface area contributed by atoms with Crippen molar-refractivity contribution in [2.24, 2.45) is 0 Å². The minimum atomic E-state index is 0. The van der Waals surface area contributed by atoms with Crippen LogP contribution >= 0.6 is 0 Å². The van der Waals surface area contributed by atoms with Crippen LogP contribution in [0, 0.1) is 18.9 Å². The standard InChI is InChI=1S/C18H21O2.2C6H11.Pd/c1-13(2)19-16-11-8-12-17(20-14(3)4)18(16)15-9-6-5-7-10-15;2*1-2-4-6-5-3-1;/h5-9,11-14H,1-4H3;2*1H,2-6H2;/q3*-1;+2. The molecule has 0 bridgehead atoms. The maximum absolute atomic E-state index is 5.92. The van der Waals surface area contributed by atoms with Crippen molar-refractivity contribution in [3.05, 3.63) is 61.4 Å². The van der Waals surface area contributed by atoms with Gasteiger partial charge in [0.2, 0.25) is 0 Å². The van der Waals surface area contributed by atoms with Crippen LogP contribution in [-0.2, 0) is 20.4 Å². The van der Waals surface area contributed by atoms with Gasteiger partial charge in [-0.15, -0.1) is 35.9 Å². The Morgan fingerprint density at radius 3 is 1.45 bits per heavy atom. The smallest absolute Gasteiger partial charge is 0.500 e. The maximum Gasteiger partial charge on any atom is 2.00 e. The Kier molecular flexibility index (Phi) is 16.3. The first-order chi connectivity index (χ1) is 15.6. The van der Waals surface area contributed by atoms with Crippen molar-refractivity contribution < 1.29 is 29.9 Å². The molecule has 2 aliphatic carbocycles. The van der Waals surface area contributed by atoms with Crippen molar-refractivity contribution in [3.63, 3.8) is 0 Å². The van der Waals surface area contributed by atoms with Crippen LogP contribution in [0.5, 0.6) is 11.5 Å². The van der Waals surface area contributed by atoms with E-state index in [1.54, 1.807) is 0 Å². The molecular weight excluding hydrogens is 499 g/mol.